The third-order valence-electron chi connectivity index (χ3n) is 14.1. The van der Waals surface area contributed by atoms with Gasteiger partial charge in [0, 0.05) is 23.5 Å². The second kappa shape index (κ2) is 15.2. The normalized spacial score (nSPS) is 16.0. The second-order valence-corrected chi connectivity index (χ2v) is 17.4. The van der Waals surface area contributed by atoms with E-state index in [1.165, 1.54) is 101 Å². The van der Waals surface area contributed by atoms with Gasteiger partial charge in [-0.05, 0) is 151 Å². The van der Waals surface area contributed by atoms with Crippen molar-refractivity contribution in [1.82, 2.24) is 0 Å². The molecule has 12 rings (SSSR count). The van der Waals surface area contributed by atoms with Crippen LogP contribution in [0, 0.1) is 5.92 Å². The fourth-order valence-electron chi connectivity index (χ4n) is 11.4. The van der Waals surface area contributed by atoms with Gasteiger partial charge in [-0.25, -0.2) is 0 Å². The van der Waals surface area contributed by atoms with E-state index in [0.717, 1.165) is 30.6 Å². The number of anilines is 2. The molecule has 0 N–H and O–H groups in total. The quantitative estimate of drug-likeness (QED) is 0.109. The van der Waals surface area contributed by atoms with E-state index < -0.39 is 5.41 Å². The van der Waals surface area contributed by atoms with Crippen LogP contribution in [0.1, 0.15) is 52.6 Å². The highest BCUT2D eigenvalue weighted by atomic mass is 15.1. The van der Waals surface area contributed by atoms with Crippen LogP contribution in [0.15, 0.2) is 231 Å². The molecule has 300 valence electrons. The number of hydrogen-bond acceptors (Lipinski definition) is 1. The fraction of sp³-hybridized carbons (Fsp3) is 0.0968. The molecular formula is C62H47N. The highest BCUT2D eigenvalue weighted by Crippen LogP contribution is 2.66. The van der Waals surface area contributed by atoms with E-state index >= 15 is 0 Å². The summed E-state index contributed by atoms with van der Waals surface area (Å²) in [6.45, 7) is 4.13. The Hall–Kier alpha value is -7.48. The van der Waals surface area contributed by atoms with Crippen LogP contribution in [0.3, 0.4) is 0 Å². The maximum atomic E-state index is 4.13. The molecule has 0 saturated heterocycles. The maximum absolute atomic E-state index is 4.13. The topological polar surface area (TPSA) is 3.24 Å². The molecule has 1 heteroatoms. The van der Waals surface area contributed by atoms with E-state index in [9.17, 15) is 0 Å². The van der Waals surface area contributed by atoms with Crippen molar-refractivity contribution in [3.8, 4) is 55.6 Å². The third-order valence-corrected chi connectivity index (χ3v) is 14.1. The summed E-state index contributed by atoms with van der Waals surface area (Å²) in [6.07, 6.45) is 17.9. The van der Waals surface area contributed by atoms with Gasteiger partial charge in [0.15, 0.2) is 0 Å². The Morgan fingerprint density at radius 2 is 1.16 bits per heavy atom. The minimum Gasteiger partial charge on any atom is -0.317 e. The van der Waals surface area contributed by atoms with Gasteiger partial charge in [0.25, 0.3) is 0 Å². The van der Waals surface area contributed by atoms with Crippen LogP contribution in [0.5, 0.6) is 0 Å². The van der Waals surface area contributed by atoms with Crippen molar-refractivity contribution < 1.29 is 0 Å². The number of hydrogen-bond donors (Lipinski definition) is 0. The predicted octanol–water partition coefficient (Wildman–Crippen LogP) is 16.1. The van der Waals surface area contributed by atoms with E-state index in [-0.39, 0.29) is 0 Å². The predicted molar refractivity (Wildman–Crippen MR) is 264 cm³/mol. The van der Waals surface area contributed by atoms with Gasteiger partial charge < -0.3 is 4.90 Å². The molecule has 1 unspecified atom stereocenters. The van der Waals surface area contributed by atoms with E-state index in [1.807, 2.05) is 6.08 Å². The molecule has 0 fully saturated rings. The number of rotatable bonds is 8. The molecule has 0 bridgehead atoms. The van der Waals surface area contributed by atoms with Gasteiger partial charge in [0.05, 0.1) is 5.41 Å². The Bertz CT molecular complexity index is 3130. The summed E-state index contributed by atoms with van der Waals surface area (Å²) in [5, 5.41) is 0. The van der Waals surface area contributed by atoms with Crippen LogP contribution >= 0.6 is 0 Å². The van der Waals surface area contributed by atoms with Gasteiger partial charge in [-0.2, -0.15) is 0 Å². The largest absolute Gasteiger partial charge is 0.317 e. The first-order valence-electron chi connectivity index (χ1n) is 22.5. The Morgan fingerprint density at radius 1 is 0.524 bits per heavy atom. The minimum absolute atomic E-state index is 0.364. The molecule has 1 spiro atoms. The monoisotopic (exact) mass is 805 g/mol. The Morgan fingerprint density at radius 3 is 1.86 bits per heavy atom. The first-order valence-corrected chi connectivity index (χ1v) is 22.5. The van der Waals surface area contributed by atoms with E-state index in [1.54, 1.807) is 0 Å². The van der Waals surface area contributed by atoms with E-state index in [4.69, 9.17) is 0 Å². The van der Waals surface area contributed by atoms with Gasteiger partial charge in [0.2, 0.25) is 0 Å². The molecular weight excluding hydrogens is 759 g/mol. The highest BCUT2D eigenvalue weighted by Gasteiger charge is 2.53. The second-order valence-electron chi connectivity index (χ2n) is 17.4. The molecule has 0 heterocycles. The average Bonchev–Trinajstić information content (AvgIpc) is 3.98. The summed E-state index contributed by atoms with van der Waals surface area (Å²) in [4.78, 5) is 2.40. The van der Waals surface area contributed by atoms with E-state index in [0.29, 0.717) is 5.92 Å². The summed E-state index contributed by atoms with van der Waals surface area (Å²) in [7, 11) is 0. The van der Waals surface area contributed by atoms with Gasteiger partial charge in [-0.15, -0.1) is 0 Å². The first-order chi connectivity index (χ1) is 31.2. The van der Waals surface area contributed by atoms with E-state index in [2.05, 4.69) is 224 Å². The minimum atomic E-state index is -0.519. The number of fused-ring (bicyclic) bond motifs is 13. The lowest BCUT2D eigenvalue weighted by molar-refractivity contribution is 0.614. The van der Waals surface area contributed by atoms with Crippen molar-refractivity contribution in [3.63, 3.8) is 0 Å². The summed E-state index contributed by atoms with van der Waals surface area (Å²) in [5.74, 6) is 0.364. The number of nitrogens with zero attached hydrogens (tertiary/aromatic N) is 1. The Balaban J connectivity index is 1.13. The molecule has 0 saturated carbocycles. The van der Waals surface area contributed by atoms with Crippen molar-refractivity contribution in [2.75, 3.05) is 4.90 Å². The van der Waals surface area contributed by atoms with Crippen LogP contribution in [0.4, 0.5) is 11.4 Å². The Labute approximate surface area is 371 Å². The summed E-state index contributed by atoms with van der Waals surface area (Å²) < 4.78 is 0. The molecule has 0 aliphatic heterocycles. The van der Waals surface area contributed by atoms with Crippen molar-refractivity contribution in [2.45, 2.75) is 31.1 Å². The van der Waals surface area contributed by atoms with Crippen molar-refractivity contribution >= 4 is 11.4 Å². The summed E-state index contributed by atoms with van der Waals surface area (Å²) in [5.41, 5.74) is 24.3. The molecule has 4 aliphatic rings. The molecule has 1 atom stereocenters. The van der Waals surface area contributed by atoms with Gasteiger partial charge in [-0.1, -0.05) is 189 Å². The Kier molecular flexibility index (Phi) is 8.97. The molecule has 8 aromatic rings. The molecule has 0 aromatic heterocycles. The molecule has 0 amide bonds. The summed E-state index contributed by atoms with van der Waals surface area (Å²) >= 11 is 0. The smallest absolute Gasteiger partial charge is 0.0726 e. The molecule has 8 aromatic carbocycles. The van der Waals surface area contributed by atoms with Crippen molar-refractivity contribution in [3.05, 3.63) is 264 Å². The SMILES string of the molecule is C=C/C=C(\C=C/N(c1ccc(-c2ccccc2)cc1)c1ccc2c(c1)C1(c3ccccc3-c3ccccc31)c1cc3c(c(-c4ccccc4)c1-2)-c1ccccc1C3)C1C=CCCC1. The zero-order chi connectivity index (χ0) is 41.9. The maximum Gasteiger partial charge on any atom is 0.0726 e. The van der Waals surface area contributed by atoms with Crippen molar-refractivity contribution in [1.29, 1.82) is 0 Å². The lowest BCUT2D eigenvalue weighted by Crippen LogP contribution is -2.26. The highest BCUT2D eigenvalue weighted by molar-refractivity contribution is 6.06. The standard InChI is InChI=1S/C62H47N/c1-2-18-42(43-19-6-3-7-20-43)37-38-63(49-33-31-45(32-34-49)44-21-8-4-9-22-44)50-35-36-54-57(41-50)62(55-29-16-14-27-52(55)53-28-15-17-30-56(53)62)58-40-48-39-47-25-12-13-26-51(47)59(48)60(61(54)58)46-23-10-5-11-24-46/h2,4-6,8-19,21-38,40-41,43H,1,3,7,20,39H2/b38-37-,42-18+. The lowest BCUT2D eigenvalue weighted by Gasteiger charge is -2.32. The van der Waals surface area contributed by atoms with Crippen LogP contribution in [0.25, 0.3) is 55.6 Å². The average molecular weight is 806 g/mol. The molecule has 63 heavy (non-hydrogen) atoms. The number of allylic oxidation sites excluding steroid dienone is 6. The van der Waals surface area contributed by atoms with Gasteiger partial charge in [-0.3, -0.25) is 0 Å². The zero-order valence-electron chi connectivity index (χ0n) is 35.3. The fourth-order valence-corrected chi connectivity index (χ4v) is 11.4. The van der Waals surface area contributed by atoms with Gasteiger partial charge in [0.1, 0.15) is 0 Å². The first kappa shape index (κ1) is 37.3. The molecule has 1 nitrogen and oxygen atoms in total. The lowest BCUT2D eigenvalue weighted by atomic mass is 9.69. The van der Waals surface area contributed by atoms with Crippen LogP contribution in [-0.4, -0.2) is 0 Å². The van der Waals surface area contributed by atoms with Crippen LogP contribution < -0.4 is 4.90 Å². The third kappa shape index (κ3) is 5.84. The molecule has 0 radical (unpaired) electrons. The number of benzene rings is 8. The summed E-state index contributed by atoms with van der Waals surface area (Å²) in [6, 6.07) is 68.2. The zero-order valence-corrected chi connectivity index (χ0v) is 35.3. The molecule has 4 aliphatic carbocycles. The van der Waals surface area contributed by atoms with Crippen LogP contribution in [0.2, 0.25) is 0 Å². The van der Waals surface area contributed by atoms with Crippen molar-refractivity contribution in [2.24, 2.45) is 5.92 Å². The van der Waals surface area contributed by atoms with Gasteiger partial charge >= 0.3 is 0 Å². The van der Waals surface area contributed by atoms with Crippen LogP contribution in [-0.2, 0) is 11.8 Å².